The van der Waals surface area contributed by atoms with E-state index in [1.165, 1.54) is 0 Å². The van der Waals surface area contributed by atoms with E-state index >= 15 is 0 Å². The van der Waals surface area contributed by atoms with Crippen molar-refractivity contribution < 1.29 is 0 Å². The van der Waals surface area contributed by atoms with E-state index in [1.807, 2.05) is 9.39 Å². The van der Waals surface area contributed by atoms with Crippen LogP contribution in [0.15, 0.2) is 4.88 Å². The Kier molecular flexibility index (Phi) is 20.3. The molecule has 0 aromatic carbocycles. The molecule has 0 aromatic heterocycles. The molecule has 4 heavy (non-hydrogen) atoms. The zero-order valence-electron chi connectivity index (χ0n) is 1.52. The third kappa shape index (κ3) is 14.2. The van der Waals surface area contributed by atoms with Gasteiger partial charge in [-0.1, -0.05) is 0 Å². The van der Waals surface area contributed by atoms with Gasteiger partial charge in [-0.3, -0.25) is 0 Å². The van der Waals surface area contributed by atoms with Gasteiger partial charge < -0.3 is 0 Å². The molecule has 0 aliphatic carbocycles. The van der Waals surface area contributed by atoms with Gasteiger partial charge in [-0.2, -0.15) is 4.88 Å². The number of hydrogen-bond donors (Lipinski definition) is 1. The van der Waals surface area contributed by atoms with Gasteiger partial charge in [0.05, 0.1) is 0 Å². The highest BCUT2D eigenvalue weighted by molar-refractivity contribution is 7.14. The van der Waals surface area contributed by atoms with Crippen LogP contribution in [-0.4, -0.2) is 23.1 Å². The number of nitrogens with one attached hydrogen (secondary N) is 1. The second-order valence-corrected chi connectivity index (χ2v) is 0.387. The van der Waals surface area contributed by atoms with Crippen molar-refractivity contribution >= 4 is 32.4 Å². The standard InChI is InChI=1S/Mg.H3N2P.2H/c;1-2-3;;/h;1H,3H2;;. The molecule has 1 N–H and O–H groups in total. The molecule has 1 atom stereocenters. The maximum Gasteiger partial charge on any atom is 0.316 e. The number of rotatable bonds is 0. The second kappa shape index (κ2) is 9.20. The second-order valence-electron chi connectivity index (χ2n) is 0.129. The minimum Gasteiger partial charge on any atom is -0.207 e. The lowest BCUT2D eigenvalue weighted by molar-refractivity contribution is 1.26. The van der Waals surface area contributed by atoms with Crippen LogP contribution >= 0.6 is 9.39 Å². The van der Waals surface area contributed by atoms with Gasteiger partial charge in [-0.05, 0) is 0 Å². The molecule has 2 nitrogen and oxygen atoms in total. The average molecular weight is 88.3 g/mol. The van der Waals surface area contributed by atoms with Gasteiger partial charge >= 0.3 is 23.1 Å². The van der Waals surface area contributed by atoms with Crippen molar-refractivity contribution in [2.75, 3.05) is 0 Å². The zero-order chi connectivity index (χ0) is 2.71. The summed E-state index contributed by atoms with van der Waals surface area (Å²) in [6.45, 7) is 0. The van der Waals surface area contributed by atoms with E-state index in [2.05, 4.69) is 4.88 Å². The molecule has 0 fully saturated rings. The third-order valence-corrected chi connectivity index (χ3v) is 0. The summed E-state index contributed by atoms with van der Waals surface area (Å²) in [5.74, 6) is 0. The molecule has 0 aliphatic heterocycles. The van der Waals surface area contributed by atoms with Crippen LogP contribution in [0, 0.1) is 5.53 Å². The van der Waals surface area contributed by atoms with Crippen molar-refractivity contribution in [2.24, 2.45) is 4.88 Å². The Balaban J connectivity index is 0. The highest BCUT2D eigenvalue weighted by Crippen LogP contribution is 1.69. The predicted molar refractivity (Wildman–Crippen MR) is 23.4 cm³/mol. The first kappa shape index (κ1) is 8.84. The Hall–Kier alpha value is 0.796. The summed E-state index contributed by atoms with van der Waals surface area (Å²) in [4.78, 5) is 2.67. The van der Waals surface area contributed by atoms with Crippen LogP contribution < -0.4 is 0 Å². The number of nitrogens with zero attached hydrogens (tertiary/aromatic N) is 1. The topological polar surface area (TPSA) is 36.2 Å². The normalized spacial score (nSPS) is 3.25. The van der Waals surface area contributed by atoms with Gasteiger partial charge in [-0.25, -0.2) is 5.53 Å². The SMILES string of the molecule is N=NP.[MgH2]. The summed E-state index contributed by atoms with van der Waals surface area (Å²) in [6.07, 6.45) is 0. The Labute approximate surface area is 43.3 Å². The van der Waals surface area contributed by atoms with Crippen LogP contribution in [0.3, 0.4) is 0 Å². The van der Waals surface area contributed by atoms with E-state index in [-0.39, 0.29) is 23.1 Å². The Morgan fingerprint density at radius 1 is 1.75 bits per heavy atom. The Morgan fingerprint density at radius 3 is 1.75 bits per heavy atom. The van der Waals surface area contributed by atoms with Crippen molar-refractivity contribution in [1.82, 2.24) is 0 Å². The molecule has 0 rings (SSSR count). The molecule has 1 unspecified atom stereocenters. The Bertz CT molecular complexity index is 13.5. The summed E-state index contributed by atoms with van der Waals surface area (Å²) in [7, 11) is 1.87. The lowest BCUT2D eigenvalue weighted by Crippen LogP contribution is -0.895. The predicted octanol–water partition coefficient (Wildman–Crippen LogP) is -0.109. The monoisotopic (exact) mass is 88.0 g/mol. The van der Waals surface area contributed by atoms with Crippen molar-refractivity contribution in [1.29, 1.82) is 5.53 Å². The fourth-order valence-corrected chi connectivity index (χ4v) is 0. The first-order valence-electron chi connectivity index (χ1n) is 0.482. The third-order valence-electron chi connectivity index (χ3n) is 0. The minimum absolute atomic E-state index is 0. The zero-order valence-corrected chi connectivity index (χ0v) is 2.68. The van der Waals surface area contributed by atoms with Crippen molar-refractivity contribution in [3.63, 3.8) is 0 Å². The van der Waals surface area contributed by atoms with Crippen molar-refractivity contribution in [3.05, 3.63) is 0 Å². The summed E-state index contributed by atoms with van der Waals surface area (Å²) in [5.41, 5.74) is 5.80. The van der Waals surface area contributed by atoms with Gasteiger partial charge in [-0.15, -0.1) is 0 Å². The van der Waals surface area contributed by atoms with Crippen LogP contribution in [0.25, 0.3) is 0 Å². The van der Waals surface area contributed by atoms with E-state index < -0.39 is 0 Å². The average Bonchev–Trinajstić information content (AvgIpc) is 0.918. The maximum absolute atomic E-state index is 5.80. The van der Waals surface area contributed by atoms with Gasteiger partial charge in [0.15, 0.2) is 0 Å². The molecule has 0 spiro atoms. The molecule has 22 valence electrons. The quantitative estimate of drug-likeness (QED) is 0.244. The van der Waals surface area contributed by atoms with Crippen LogP contribution in [0.5, 0.6) is 0 Å². The highest BCUT2D eigenvalue weighted by Gasteiger charge is 1.11. The van der Waals surface area contributed by atoms with Gasteiger partial charge in [0.2, 0.25) is 0 Å². The fraction of sp³-hybridized carbons (Fsp3) is 0. The molecular weight excluding hydrogens is 83.3 g/mol. The summed E-state index contributed by atoms with van der Waals surface area (Å²) in [6, 6.07) is 0. The largest absolute Gasteiger partial charge is 0.316 e. The number of hydrogen-bond acceptors (Lipinski definition) is 2. The Morgan fingerprint density at radius 2 is 1.75 bits per heavy atom. The fourth-order valence-electron chi connectivity index (χ4n) is 0. The van der Waals surface area contributed by atoms with Crippen LogP contribution in [-0.2, 0) is 0 Å². The molecule has 0 saturated heterocycles. The molecule has 0 aromatic rings. The molecule has 0 radical (unpaired) electrons. The highest BCUT2D eigenvalue weighted by atomic mass is 31.0. The first-order chi connectivity index (χ1) is 1.41. The maximum atomic E-state index is 5.80. The van der Waals surface area contributed by atoms with Crippen LogP contribution in [0.1, 0.15) is 0 Å². The van der Waals surface area contributed by atoms with Gasteiger partial charge in [0.25, 0.3) is 0 Å². The van der Waals surface area contributed by atoms with E-state index in [0.29, 0.717) is 0 Å². The van der Waals surface area contributed by atoms with Crippen molar-refractivity contribution in [3.8, 4) is 0 Å². The van der Waals surface area contributed by atoms with E-state index in [1.54, 1.807) is 0 Å². The van der Waals surface area contributed by atoms with Crippen LogP contribution in [0.2, 0.25) is 0 Å². The molecule has 4 heteroatoms. The first-order valence-corrected chi connectivity index (χ1v) is 0.998. The van der Waals surface area contributed by atoms with Crippen molar-refractivity contribution in [2.45, 2.75) is 0 Å². The molecule has 0 heterocycles. The van der Waals surface area contributed by atoms with E-state index in [0.717, 1.165) is 0 Å². The molecule has 0 amide bonds. The molecular formula is H5MgN2P. The lowest BCUT2D eigenvalue weighted by Gasteiger charge is -1.35. The summed E-state index contributed by atoms with van der Waals surface area (Å²) < 4.78 is 0. The smallest absolute Gasteiger partial charge is 0.207 e. The van der Waals surface area contributed by atoms with Gasteiger partial charge in [0.1, 0.15) is 0 Å². The summed E-state index contributed by atoms with van der Waals surface area (Å²) in [5, 5.41) is 0. The van der Waals surface area contributed by atoms with E-state index in [4.69, 9.17) is 5.53 Å². The van der Waals surface area contributed by atoms with Crippen LogP contribution in [0.4, 0.5) is 0 Å². The molecule has 0 aliphatic rings. The molecule has 0 bridgehead atoms. The summed E-state index contributed by atoms with van der Waals surface area (Å²) >= 11 is 0. The lowest BCUT2D eigenvalue weighted by atomic mass is 13.3. The molecule has 0 saturated carbocycles. The minimum atomic E-state index is 0. The van der Waals surface area contributed by atoms with E-state index in [9.17, 15) is 0 Å². The van der Waals surface area contributed by atoms with Gasteiger partial charge in [0, 0.05) is 9.39 Å².